The Morgan fingerprint density at radius 2 is 2.15 bits per heavy atom. The van der Waals surface area contributed by atoms with Gasteiger partial charge in [-0.25, -0.2) is 0 Å². The molecule has 0 radical (unpaired) electrons. The molecule has 0 aromatic heterocycles. The van der Waals surface area contributed by atoms with Crippen LogP contribution in [0.5, 0.6) is 5.75 Å². The lowest BCUT2D eigenvalue weighted by Gasteiger charge is -2.22. The van der Waals surface area contributed by atoms with E-state index in [9.17, 15) is 0 Å². The Balaban J connectivity index is 0.00000338. The van der Waals surface area contributed by atoms with Crippen molar-refractivity contribution in [2.45, 2.75) is 13.0 Å². The standard InChI is InChI=1S/C18H28ClN3O3.HI/c1-20-18(21-11-15-4-5-16(19)10-17(15)24-3)22-7-6-14(12-22)13-25-9-8-23-2;/h4-5,10,14H,6-9,11-13H2,1-3H3,(H,20,21);1H. The number of nitrogens with one attached hydrogen (secondary N) is 1. The minimum absolute atomic E-state index is 0. The second-order valence-corrected chi connectivity index (χ2v) is 6.46. The van der Waals surface area contributed by atoms with Crippen molar-refractivity contribution >= 4 is 41.5 Å². The zero-order valence-electron chi connectivity index (χ0n) is 15.7. The van der Waals surface area contributed by atoms with Crippen LogP contribution in [0, 0.1) is 5.92 Å². The smallest absolute Gasteiger partial charge is 0.193 e. The van der Waals surface area contributed by atoms with Gasteiger partial charge in [-0.15, -0.1) is 24.0 Å². The van der Waals surface area contributed by atoms with Crippen LogP contribution in [0.3, 0.4) is 0 Å². The van der Waals surface area contributed by atoms with Gasteiger partial charge in [-0.05, 0) is 18.6 Å². The molecular formula is C18H29ClIN3O3. The summed E-state index contributed by atoms with van der Waals surface area (Å²) in [4.78, 5) is 6.68. The summed E-state index contributed by atoms with van der Waals surface area (Å²) in [5, 5.41) is 4.08. The number of nitrogens with zero attached hydrogens (tertiary/aromatic N) is 2. The van der Waals surface area contributed by atoms with Crippen molar-refractivity contribution in [1.29, 1.82) is 0 Å². The zero-order chi connectivity index (χ0) is 18.1. The maximum atomic E-state index is 6.01. The van der Waals surface area contributed by atoms with Gasteiger partial charge in [-0.3, -0.25) is 4.99 Å². The number of methoxy groups -OCH3 is 2. The predicted molar refractivity (Wildman–Crippen MR) is 116 cm³/mol. The number of hydrogen-bond donors (Lipinski definition) is 1. The molecule has 1 heterocycles. The summed E-state index contributed by atoms with van der Waals surface area (Å²) in [5.41, 5.74) is 1.05. The summed E-state index contributed by atoms with van der Waals surface area (Å²) in [6, 6.07) is 5.66. The molecule has 1 aromatic rings. The molecule has 1 atom stereocenters. The van der Waals surface area contributed by atoms with E-state index in [1.807, 2.05) is 25.2 Å². The highest BCUT2D eigenvalue weighted by Gasteiger charge is 2.25. The van der Waals surface area contributed by atoms with Gasteiger partial charge in [0.1, 0.15) is 5.75 Å². The van der Waals surface area contributed by atoms with Gasteiger partial charge in [0.05, 0.1) is 26.9 Å². The quantitative estimate of drug-likeness (QED) is 0.259. The van der Waals surface area contributed by atoms with E-state index < -0.39 is 0 Å². The summed E-state index contributed by atoms with van der Waals surface area (Å²) in [6.07, 6.45) is 1.11. The van der Waals surface area contributed by atoms with Gasteiger partial charge >= 0.3 is 0 Å². The molecule has 8 heteroatoms. The first-order valence-corrected chi connectivity index (χ1v) is 8.90. The number of rotatable bonds is 8. The van der Waals surface area contributed by atoms with Crippen molar-refractivity contribution in [3.63, 3.8) is 0 Å². The molecule has 6 nitrogen and oxygen atoms in total. The third-order valence-corrected chi connectivity index (χ3v) is 4.50. The highest BCUT2D eigenvalue weighted by atomic mass is 127. The molecule has 26 heavy (non-hydrogen) atoms. The molecule has 1 N–H and O–H groups in total. The molecule has 1 aromatic carbocycles. The molecule has 0 aliphatic carbocycles. The van der Waals surface area contributed by atoms with Crippen molar-refractivity contribution in [2.24, 2.45) is 10.9 Å². The van der Waals surface area contributed by atoms with Crippen LogP contribution in [0.2, 0.25) is 5.02 Å². The van der Waals surface area contributed by atoms with E-state index in [0.29, 0.717) is 30.7 Å². The van der Waals surface area contributed by atoms with Crippen LogP contribution < -0.4 is 10.1 Å². The Kier molecular flexibility index (Phi) is 11.3. The van der Waals surface area contributed by atoms with Crippen LogP contribution in [-0.4, -0.2) is 65.0 Å². The molecule has 1 unspecified atom stereocenters. The van der Waals surface area contributed by atoms with Gasteiger partial charge in [0.15, 0.2) is 5.96 Å². The topological polar surface area (TPSA) is 55.3 Å². The number of guanidine groups is 1. The lowest BCUT2D eigenvalue weighted by atomic mass is 10.1. The molecule has 1 fully saturated rings. The average molecular weight is 498 g/mol. The van der Waals surface area contributed by atoms with Crippen LogP contribution in [-0.2, 0) is 16.0 Å². The Morgan fingerprint density at radius 3 is 2.85 bits per heavy atom. The van der Waals surface area contributed by atoms with Crippen molar-refractivity contribution in [2.75, 3.05) is 54.2 Å². The molecule has 2 rings (SSSR count). The van der Waals surface area contributed by atoms with E-state index in [1.54, 1.807) is 14.2 Å². The van der Waals surface area contributed by atoms with Gasteiger partial charge in [0.25, 0.3) is 0 Å². The van der Waals surface area contributed by atoms with Gasteiger partial charge in [-0.1, -0.05) is 17.7 Å². The molecule has 0 saturated carbocycles. The minimum atomic E-state index is 0. The number of halogens is 2. The molecule has 148 valence electrons. The van der Waals surface area contributed by atoms with E-state index in [-0.39, 0.29) is 24.0 Å². The summed E-state index contributed by atoms with van der Waals surface area (Å²) >= 11 is 6.01. The SMILES string of the molecule is CN=C(NCc1ccc(Cl)cc1OC)N1CCC(COCCOC)C1.I. The highest BCUT2D eigenvalue weighted by molar-refractivity contribution is 14.0. The van der Waals surface area contributed by atoms with Crippen LogP contribution in [0.4, 0.5) is 0 Å². The normalized spacial score (nSPS) is 17.2. The summed E-state index contributed by atoms with van der Waals surface area (Å²) < 4.78 is 16.0. The Bertz CT molecular complexity index is 575. The maximum absolute atomic E-state index is 6.01. The third kappa shape index (κ3) is 7.09. The second kappa shape index (κ2) is 12.6. The van der Waals surface area contributed by atoms with Gasteiger partial charge in [0, 0.05) is 50.3 Å². The first kappa shape index (κ1) is 23.3. The predicted octanol–water partition coefficient (Wildman–Crippen LogP) is 3.03. The van der Waals surface area contributed by atoms with Crippen molar-refractivity contribution in [3.8, 4) is 5.75 Å². The largest absolute Gasteiger partial charge is 0.496 e. The fraction of sp³-hybridized carbons (Fsp3) is 0.611. The molecule has 1 saturated heterocycles. The number of likely N-dealkylation sites (tertiary alicyclic amines) is 1. The third-order valence-electron chi connectivity index (χ3n) is 4.27. The van der Waals surface area contributed by atoms with Crippen molar-refractivity contribution in [1.82, 2.24) is 10.2 Å². The highest BCUT2D eigenvalue weighted by Crippen LogP contribution is 2.23. The van der Waals surface area contributed by atoms with E-state index in [2.05, 4.69) is 15.2 Å². The zero-order valence-corrected chi connectivity index (χ0v) is 18.8. The van der Waals surface area contributed by atoms with E-state index in [4.69, 9.17) is 25.8 Å². The minimum Gasteiger partial charge on any atom is -0.496 e. The van der Waals surface area contributed by atoms with E-state index >= 15 is 0 Å². The van der Waals surface area contributed by atoms with E-state index in [1.165, 1.54) is 0 Å². The molecule has 0 bridgehead atoms. The molecule has 1 aliphatic heterocycles. The fourth-order valence-corrected chi connectivity index (χ4v) is 3.09. The Hall–Kier alpha value is -0.770. The van der Waals surface area contributed by atoms with Crippen LogP contribution in [0.1, 0.15) is 12.0 Å². The van der Waals surface area contributed by atoms with Crippen LogP contribution in [0.15, 0.2) is 23.2 Å². The van der Waals surface area contributed by atoms with Crippen LogP contribution >= 0.6 is 35.6 Å². The Labute approximate surface area is 178 Å². The Morgan fingerprint density at radius 1 is 1.35 bits per heavy atom. The number of aliphatic imine (C=N–C) groups is 1. The lowest BCUT2D eigenvalue weighted by Crippen LogP contribution is -2.39. The molecule has 0 spiro atoms. The summed E-state index contributed by atoms with van der Waals surface area (Å²) in [5.74, 6) is 2.21. The number of benzene rings is 1. The van der Waals surface area contributed by atoms with Gasteiger partial charge < -0.3 is 24.4 Å². The monoisotopic (exact) mass is 497 g/mol. The number of hydrogen-bond acceptors (Lipinski definition) is 4. The molecule has 0 amide bonds. The van der Waals surface area contributed by atoms with Gasteiger partial charge in [-0.2, -0.15) is 0 Å². The summed E-state index contributed by atoms with van der Waals surface area (Å²) in [6.45, 7) is 4.62. The first-order chi connectivity index (χ1) is 12.2. The van der Waals surface area contributed by atoms with Crippen molar-refractivity contribution < 1.29 is 14.2 Å². The first-order valence-electron chi connectivity index (χ1n) is 8.52. The molecular weight excluding hydrogens is 469 g/mol. The number of ether oxygens (including phenoxy) is 3. The second-order valence-electron chi connectivity index (χ2n) is 6.03. The lowest BCUT2D eigenvalue weighted by molar-refractivity contribution is 0.0536. The van der Waals surface area contributed by atoms with Crippen LogP contribution in [0.25, 0.3) is 0 Å². The maximum Gasteiger partial charge on any atom is 0.193 e. The summed E-state index contributed by atoms with van der Waals surface area (Å²) in [7, 11) is 5.15. The van der Waals surface area contributed by atoms with Crippen molar-refractivity contribution in [3.05, 3.63) is 28.8 Å². The van der Waals surface area contributed by atoms with E-state index in [0.717, 1.165) is 43.4 Å². The van der Waals surface area contributed by atoms with Gasteiger partial charge in [0.2, 0.25) is 0 Å². The molecule has 1 aliphatic rings. The average Bonchev–Trinajstić information content (AvgIpc) is 3.09. The fourth-order valence-electron chi connectivity index (χ4n) is 2.92.